The van der Waals surface area contributed by atoms with Gasteiger partial charge in [0.25, 0.3) is 5.56 Å². The van der Waals surface area contributed by atoms with Crippen molar-refractivity contribution >= 4 is 34.7 Å². The molecule has 0 aliphatic carbocycles. The Hall–Kier alpha value is -3.93. The average molecular weight is 517 g/mol. The van der Waals surface area contributed by atoms with Crippen LogP contribution in [0.4, 0.5) is 13.6 Å². The number of hydrogen-bond donors (Lipinski definition) is 2. The van der Waals surface area contributed by atoms with Crippen LogP contribution in [-0.2, 0) is 9.53 Å². The number of nitrogens with zero attached hydrogens (tertiary/aromatic N) is 2. The van der Waals surface area contributed by atoms with E-state index in [1.807, 2.05) is 0 Å². The van der Waals surface area contributed by atoms with Gasteiger partial charge in [-0.25, -0.2) is 14.6 Å². The maximum absolute atomic E-state index is 13.4. The summed E-state index contributed by atoms with van der Waals surface area (Å²) >= 11 is 1.13. The molecule has 12 heteroatoms. The average Bonchev–Trinajstić information content (AvgIpc) is 2.83. The highest BCUT2D eigenvalue weighted by Crippen LogP contribution is 2.26. The first-order valence-electron chi connectivity index (χ1n) is 11.0. The Bertz CT molecular complexity index is 1390. The minimum Gasteiger partial charge on any atom is -0.463 e. The molecule has 1 unspecified atom stereocenters. The molecular weight excluding hydrogens is 494 g/mol. The Kier molecular flexibility index (Phi) is 7.53. The number of halogens is 2. The van der Waals surface area contributed by atoms with Gasteiger partial charge in [-0.1, -0.05) is 23.9 Å². The first kappa shape index (κ1) is 25.2. The number of nitrogens with one attached hydrogen (secondary N) is 2. The Morgan fingerprint density at radius 2 is 1.89 bits per heavy atom. The highest BCUT2D eigenvalue weighted by Gasteiger charge is 2.30. The van der Waals surface area contributed by atoms with E-state index in [0.29, 0.717) is 22.3 Å². The second-order valence-corrected chi connectivity index (χ2v) is 8.59. The standard InChI is InChI=1S/C24H22F2N4O5S/c1-3-34-21(32)19-13(2)27-23(33)28-18(19)12-36-24-29-17-7-5-4-6-16(17)20(31)30(24)14-8-10-15(11-9-14)35-22(25)26/h4-11,13,22H,3,12H2,1-2H3,(H2,27,28,33). The number of aromatic nitrogens is 2. The summed E-state index contributed by atoms with van der Waals surface area (Å²) in [6.07, 6.45) is 0. The van der Waals surface area contributed by atoms with Gasteiger partial charge in [-0.2, -0.15) is 8.78 Å². The maximum Gasteiger partial charge on any atom is 0.387 e. The normalized spacial score (nSPS) is 15.6. The zero-order valence-electron chi connectivity index (χ0n) is 19.3. The third-order valence-corrected chi connectivity index (χ3v) is 6.24. The van der Waals surface area contributed by atoms with E-state index in [4.69, 9.17) is 4.74 Å². The van der Waals surface area contributed by atoms with Crippen molar-refractivity contribution in [1.82, 2.24) is 20.2 Å². The second-order valence-electron chi connectivity index (χ2n) is 7.65. The van der Waals surface area contributed by atoms with E-state index in [9.17, 15) is 23.2 Å². The largest absolute Gasteiger partial charge is 0.463 e. The third-order valence-electron chi connectivity index (χ3n) is 5.28. The molecular formula is C24H22F2N4O5S. The highest BCUT2D eigenvalue weighted by atomic mass is 32.2. The lowest BCUT2D eigenvalue weighted by Gasteiger charge is -2.26. The molecule has 36 heavy (non-hydrogen) atoms. The third kappa shape index (κ3) is 5.33. The monoisotopic (exact) mass is 516 g/mol. The van der Waals surface area contributed by atoms with E-state index in [0.717, 1.165) is 11.8 Å². The molecule has 1 atom stereocenters. The zero-order valence-corrected chi connectivity index (χ0v) is 20.1. The number of carbonyl (C=O) groups is 2. The van der Waals surface area contributed by atoms with Crippen LogP contribution >= 0.6 is 11.8 Å². The van der Waals surface area contributed by atoms with Crippen molar-refractivity contribution < 1.29 is 27.8 Å². The summed E-state index contributed by atoms with van der Waals surface area (Å²) < 4.78 is 36.0. The number of esters is 1. The van der Waals surface area contributed by atoms with Gasteiger partial charge in [0.1, 0.15) is 5.75 Å². The predicted molar refractivity (Wildman–Crippen MR) is 129 cm³/mol. The van der Waals surface area contributed by atoms with Crippen molar-refractivity contribution in [3.63, 3.8) is 0 Å². The number of ether oxygens (including phenoxy) is 2. The van der Waals surface area contributed by atoms with Crippen LogP contribution in [0.2, 0.25) is 0 Å². The Morgan fingerprint density at radius 1 is 1.17 bits per heavy atom. The van der Waals surface area contributed by atoms with E-state index in [1.165, 1.54) is 28.8 Å². The number of rotatable bonds is 8. The Morgan fingerprint density at radius 3 is 2.58 bits per heavy atom. The van der Waals surface area contributed by atoms with Gasteiger partial charge in [0.15, 0.2) is 5.16 Å². The van der Waals surface area contributed by atoms with Crippen LogP contribution in [0.15, 0.2) is 69.8 Å². The van der Waals surface area contributed by atoms with E-state index in [1.54, 1.807) is 38.1 Å². The lowest BCUT2D eigenvalue weighted by atomic mass is 10.1. The maximum atomic E-state index is 13.4. The fraction of sp³-hybridized carbons (Fsp3) is 0.250. The molecule has 0 fully saturated rings. The summed E-state index contributed by atoms with van der Waals surface area (Å²) in [6.45, 7) is 0.543. The van der Waals surface area contributed by atoms with Gasteiger partial charge < -0.3 is 20.1 Å². The quantitative estimate of drug-likeness (QED) is 0.267. The van der Waals surface area contributed by atoms with Crippen LogP contribution < -0.4 is 20.9 Å². The lowest BCUT2D eigenvalue weighted by Crippen LogP contribution is -2.49. The molecule has 9 nitrogen and oxygen atoms in total. The molecule has 0 bridgehead atoms. The van der Waals surface area contributed by atoms with Crippen LogP contribution in [0.5, 0.6) is 5.75 Å². The molecule has 3 aromatic rings. The fourth-order valence-corrected chi connectivity index (χ4v) is 4.72. The Labute approximate surface area is 208 Å². The van der Waals surface area contributed by atoms with Crippen LogP contribution in [0, 0.1) is 0 Å². The molecule has 0 radical (unpaired) electrons. The summed E-state index contributed by atoms with van der Waals surface area (Å²) in [5.74, 6) is -0.518. The van der Waals surface area contributed by atoms with Crippen molar-refractivity contribution in [3.05, 3.63) is 70.2 Å². The molecule has 1 aliphatic heterocycles. The minimum atomic E-state index is -2.98. The number of hydrogen-bond acceptors (Lipinski definition) is 7. The summed E-state index contributed by atoms with van der Waals surface area (Å²) in [4.78, 5) is 42.7. The molecule has 4 rings (SSSR count). The van der Waals surface area contributed by atoms with E-state index in [-0.39, 0.29) is 34.4 Å². The number of alkyl halides is 2. The molecule has 188 valence electrons. The number of thioether (sulfide) groups is 1. The zero-order chi connectivity index (χ0) is 25.8. The molecule has 0 saturated heterocycles. The van der Waals surface area contributed by atoms with Gasteiger partial charge in [0, 0.05) is 11.4 Å². The summed E-state index contributed by atoms with van der Waals surface area (Å²) in [5, 5.41) is 5.92. The SMILES string of the molecule is CCOC(=O)C1=C(CSc2nc3ccccc3c(=O)n2-c2ccc(OC(F)F)cc2)NC(=O)NC1C. The van der Waals surface area contributed by atoms with Crippen molar-refractivity contribution in [2.24, 2.45) is 0 Å². The summed E-state index contributed by atoms with van der Waals surface area (Å²) in [7, 11) is 0. The molecule has 1 aromatic heterocycles. The molecule has 1 aliphatic rings. The number of urea groups is 1. The number of benzene rings is 2. The number of amides is 2. The first-order chi connectivity index (χ1) is 17.3. The van der Waals surface area contributed by atoms with Crippen molar-refractivity contribution in [3.8, 4) is 11.4 Å². The van der Waals surface area contributed by atoms with Crippen molar-refractivity contribution in [2.45, 2.75) is 31.7 Å². The molecule has 2 heterocycles. The van der Waals surface area contributed by atoms with Gasteiger partial charge in [-0.15, -0.1) is 0 Å². The van der Waals surface area contributed by atoms with Gasteiger partial charge in [0.2, 0.25) is 0 Å². The molecule has 0 spiro atoms. The number of para-hydroxylation sites is 1. The van der Waals surface area contributed by atoms with E-state index < -0.39 is 24.7 Å². The Balaban J connectivity index is 1.76. The van der Waals surface area contributed by atoms with Crippen LogP contribution in [0.25, 0.3) is 16.6 Å². The van der Waals surface area contributed by atoms with E-state index in [2.05, 4.69) is 20.4 Å². The summed E-state index contributed by atoms with van der Waals surface area (Å²) in [5.41, 5.74) is 1.08. The van der Waals surface area contributed by atoms with Gasteiger partial charge in [-0.3, -0.25) is 9.36 Å². The number of carbonyl (C=O) groups excluding carboxylic acids is 2. The van der Waals surface area contributed by atoms with Crippen LogP contribution in [0.3, 0.4) is 0 Å². The van der Waals surface area contributed by atoms with Crippen molar-refractivity contribution in [1.29, 1.82) is 0 Å². The van der Waals surface area contributed by atoms with Gasteiger partial charge in [-0.05, 0) is 50.2 Å². The van der Waals surface area contributed by atoms with Crippen LogP contribution in [-0.4, -0.2) is 46.6 Å². The minimum absolute atomic E-state index is 0.0552. The molecule has 2 N–H and O–H groups in total. The molecule has 0 saturated carbocycles. The summed E-state index contributed by atoms with van der Waals surface area (Å²) in [6, 6.07) is 11.3. The van der Waals surface area contributed by atoms with Crippen LogP contribution in [0.1, 0.15) is 13.8 Å². The van der Waals surface area contributed by atoms with Gasteiger partial charge in [0.05, 0.1) is 34.8 Å². The smallest absolute Gasteiger partial charge is 0.387 e. The highest BCUT2D eigenvalue weighted by molar-refractivity contribution is 7.99. The fourth-order valence-electron chi connectivity index (χ4n) is 3.74. The molecule has 2 amide bonds. The van der Waals surface area contributed by atoms with E-state index >= 15 is 0 Å². The topological polar surface area (TPSA) is 112 Å². The first-order valence-corrected chi connectivity index (χ1v) is 11.9. The lowest BCUT2D eigenvalue weighted by molar-refractivity contribution is -0.138. The second kappa shape index (κ2) is 10.8. The predicted octanol–water partition coefficient (Wildman–Crippen LogP) is 3.60. The van der Waals surface area contributed by atoms with Crippen molar-refractivity contribution in [2.75, 3.05) is 12.4 Å². The molecule has 2 aromatic carbocycles. The van der Waals surface area contributed by atoms with Gasteiger partial charge >= 0.3 is 18.6 Å². The number of fused-ring (bicyclic) bond motifs is 1.